The quantitative estimate of drug-likeness (QED) is 0.882. The molecule has 0 radical (unpaired) electrons. The lowest BCUT2D eigenvalue weighted by atomic mass is 9.97. The fourth-order valence-electron chi connectivity index (χ4n) is 1.85. The van der Waals surface area contributed by atoms with Crippen LogP contribution in [0.1, 0.15) is 30.0 Å². The van der Waals surface area contributed by atoms with Gasteiger partial charge in [0.2, 0.25) is 5.76 Å². The lowest BCUT2D eigenvalue weighted by Gasteiger charge is -2.17. The molecule has 0 saturated carbocycles. The van der Waals surface area contributed by atoms with E-state index in [4.69, 9.17) is 9.63 Å². The smallest absolute Gasteiger partial charge is 0.374 e. The van der Waals surface area contributed by atoms with Crippen molar-refractivity contribution in [3.8, 4) is 11.3 Å². The molecule has 2 rings (SSSR count). The third-order valence-corrected chi connectivity index (χ3v) is 2.58. The molecule has 0 atom stereocenters. The zero-order valence-electron chi connectivity index (χ0n) is 10.8. The largest absolute Gasteiger partial charge is 0.475 e. The van der Waals surface area contributed by atoms with Crippen molar-refractivity contribution in [1.29, 1.82) is 0 Å². The molecule has 1 heterocycles. The van der Waals surface area contributed by atoms with Gasteiger partial charge in [-0.1, -0.05) is 23.4 Å². The van der Waals surface area contributed by atoms with Crippen molar-refractivity contribution >= 4 is 5.97 Å². The summed E-state index contributed by atoms with van der Waals surface area (Å²) in [6.07, 6.45) is 0.504. The first-order valence-electron chi connectivity index (χ1n) is 5.87. The highest BCUT2D eigenvalue weighted by atomic mass is 16.5. The normalized spacial score (nSPS) is 11.5. The van der Waals surface area contributed by atoms with Gasteiger partial charge >= 0.3 is 5.97 Å². The summed E-state index contributed by atoms with van der Waals surface area (Å²) in [6.45, 7) is 3.47. The summed E-state index contributed by atoms with van der Waals surface area (Å²) in [5.41, 5.74) is 1.38. The lowest BCUT2D eigenvalue weighted by Crippen LogP contribution is -2.21. The molecule has 19 heavy (non-hydrogen) atoms. The standard InChI is InChI=1S/C14H15NO4/c1-14(2,18)8-9-4-3-5-10(6-9)11-7-12(13(16)17)19-15-11/h3-7,18H,8H2,1-2H3,(H,16,17). The van der Waals surface area contributed by atoms with Gasteiger partial charge in [0.05, 0.1) is 5.60 Å². The summed E-state index contributed by atoms with van der Waals surface area (Å²) in [7, 11) is 0. The highest BCUT2D eigenvalue weighted by molar-refractivity contribution is 5.85. The first-order chi connectivity index (χ1) is 8.85. The molecule has 0 fully saturated rings. The highest BCUT2D eigenvalue weighted by Crippen LogP contribution is 2.22. The van der Waals surface area contributed by atoms with Gasteiger partial charge in [0.25, 0.3) is 0 Å². The monoisotopic (exact) mass is 261 g/mol. The Labute approximate surface area is 110 Å². The van der Waals surface area contributed by atoms with Crippen molar-refractivity contribution in [2.45, 2.75) is 25.9 Å². The van der Waals surface area contributed by atoms with E-state index in [1.165, 1.54) is 6.07 Å². The number of carboxylic acid groups (broad SMARTS) is 1. The second-order valence-electron chi connectivity index (χ2n) is 5.07. The summed E-state index contributed by atoms with van der Waals surface area (Å²) in [6, 6.07) is 8.80. The van der Waals surface area contributed by atoms with E-state index in [2.05, 4.69) is 5.16 Å². The van der Waals surface area contributed by atoms with Crippen LogP contribution in [0.25, 0.3) is 11.3 Å². The zero-order chi connectivity index (χ0) is 14.0. The van der Waals surface area contributed by atoms with E-state index in [1.54, 1.807) is 13.8 Å². The van der Waals surface area contributed by atoms with Crippen LogP contribution in [0.3, 0.4) is 0 Å². The van der Waals surface area contributed by atoms with E-state index in [0.717, 1.165) is 11.1 Å². The van der Waals surface area contributed by atoms with Gasteiger partial charge < -0.3 is 14.7 Å². The Morgan fingerprint density at radius 1 is 1.37 bits per heavy atom. The average molecular weight is 261 g/mol. The predicted molar refractivity (Wildman–Crippen MR) is 68.9 cm³/mol. The van der Waals surface area contributed by atoms with Gasteiger partial charge in [0.15, 0.2) is 0 Å². The maximum atomic E-state index is 10.7. The summed E-state index contributed by atoms with van der Waals surface area (Å²) in [4.78, 5) is 10.7. The highest BCUT2D eigenvalue weighted by Gasteiger charge is 2.15. The summed E-state index contributed by atoms with van der Waals surface area (Å²) in [5.74, 6) is -1.34. The van der Waals surface area contributed by atoms with E-state index in [0.29, 0.717) is 12.1 Å². The van der Waals surface area contributed by atoms with Crippen molar-refractivity contribution < 1.29 is 19.5 Å². The minimum Gasteiger partial charge on any atom is -0.475 e. The number of benzene rings is 1. The molecule has 1 aromatic heterocycles. The topological polar surface area (TPSA) is 83.6 Å². The fourth-order valence-corrected chi connectivity index (χ4v) is 1.85. The molecular formula is C14H15NO4. The minimum atomic E-state index is -1.15. The second kappa shape index (κ2) is 4.85. The molecule has 2 aromatic rings. The molecule has 1 aromatic carbocycles. The molecule has 0 aliphatic rings. The van der Waals surface area contributed by atoms with Gasteiger partial charge in [0, 0.05) is 18.1 Å². The summed E-state index contributed by atoms with van der Waals surface area (Å²) < 4.78 is 4.72. The molecule has 5 nitrogen and oxygen atoms in total. The van der Waals surface area contributed by atoms with Gasteiger partial charge in [-0.15, -0.1) is 0 Å². The van der Waals surface area contributed by atoms with E-state index >= 15 is 0 Å². The molecule has 2 N–H and O–H groups in total. The molecule has 0 spiro atoms. The second-order valence-corrected chi connectivity index (χ2v) is 5.07. The first kappa shape index (κ1) is 13.3. The van der Waals surface area contributed by atoms with E-state index < -0.39 is 11.6 Å². The Bertz CT molecular complexity index is 595. The van der Waals surface area contributed by atoms with Crippen LogP contribution in [-0.2, 0) is 6.42 Å². The van der Waals surface area contributed by atoms with Crippen molar-refractivity contribution in [3.63, 3.8) is 0 Å². The van der Waals surface area contributed by atoms with E-state index in [9.17, 15) is 9.90 Å². The molecular weight excluding hydrogens is 246 g/mol. The number of nitrogens with zero attached hydrogens (tertiary/aromatic N) is 1. The minimum absolute atomic E-state index is 0.192. The maximum Gasteiger partial charge on any atom is 0.374 e. The number of aliphatic hydroxyl groups is 1. The zero-order valence-corrected chi connectivity index (χ0v) is 10.8. The molecule has 0 aliphatic carbocycles. The number of hydrogen-bond donors (Lipinski definition) is 2. The third kappa shape index (κ3) is 3.42. The molecule has 0 aliphatic heterocycles. The Morgan fingerprint density at radius 2 is 2.11 bits per heavy atom. The number of rotatable bonds is 4. The number of hydrogen-bond acceptors (Lipinski definition) is 4. The third-order valence-electron chi connectivity index (χ3n) is 2.58. The summed E-state index contributed by atoms with van der Waals surface area (Å²) in [5, 5.41) is 22.3. The Kier molecular flexibility index (Phi) is 3.40. The molecule has 0 unspecified atom stereocenters. The fraction of sp³-hybridized carbons (Fsp3) is 0.286. The van der Waals surface area contributed by atoms with Gasteiger partial charge in [-0.05, 0) is 25.5 Å². The SMILES string of the molecule is CC(C)(O)Cc1cccc(-c2cc(C(=O)O)on2)c1. The number of aromatic nitrogens is 1. The van der Waals surface area contributed by atoms with E-state index in [1.807, 2.05) is 24.3 Å². The number of aromatic carboxylic acids is 1. The average Bonchev–Trinajstić information content (AvgIpc) is 2.76. The van der Waals surface area contributed by atoms with Gasteiger partial charge in [-0.25, -0.2) is 4.79 Å². The van der Waals surface area contributed by atoms with Crippen LogP contribution >= 0.6 is 0 Å². The van der Waals surface area contributed by atoms with Gasteiger partial charge in [0.1, 0.15) is 5.69 Å². The molecule has 0 saturated heterocycles. The molecule has 5 heteroatoms. The van der Waals surface area contributed by atoms with Gasteiger partial charge in [-0.3, -0.25) is 0 Å². The van der Waals surface area contributed by atoms with Crippen LogP contribution in [0.4, 0.5) is 0 Å². The van der Waals surface area contributed by atoms with Crippen LogP contribution < -0.4 is 0 Å². The van der Waals surface area contributed by atoms with Crippen molar-refractivity contribution in [2.75, 3.05) is 0 Å². The number of carboxylic acids is 1. The van der Waals surface area contributed by atoms with Gasteiger partial charge in [-0.2, -0.15) is 0 Å². The molecule has 0 bridgehead atoms. The van der Waals surface area contributed by atoms with Crippen LogP contribution in [0, 0.1) is 0 Å². The Hall–Kier alpha value is -2.14. The Balaban J connectivity index is 2.29. The molecule has 0 amide bonds. The van der Waals surface area contributed by atoms with Crippen LogP contribution in [0.2, 0.25) is 0 Å². The van der Waals surface area contributed by atoms with Crippen molar-refractivity contribution in [1.82, 2.24) is 5.16 Å². The Morgan fingerprint density at radius 3 is 2.68 bits per heavy atom. The molecule has 100 valence electrons. The van der Waals surface area contributed by atoms with Crippen molar-refractivity contribution in [2.24, 2.45) is 0 Å². The summed E-state index contributed by atoms with van der Waals surface area (Å²) >= 11 is 0. The predicted octanol–water partition coefficient (Wildman–Crippen LogP) is 2.35. The van der Waals surface area contributed by atoms with Crippen LogP contribution in [0.5, 0.6) is 0 Å². The van der Waals surface area contributed by atoms with Crippen molar-refractivity contribution in [3.05, 3.63) is 41.7 Å². The lowest BCUT2D eigenvalue weighted by molar-refractivity contribution is 0.0651. The van der Waals surface area contributed by atoms with Crippen LogP contribution in [0.15, 0.2) is 34.9 Å². The first-order valence-corrected chi connectivity index (χ1v) is 5.87. The van der Waals surface area contributed by atoms with Crippen LogP contribution in [-0.4, -0.2) is 26.9 Å². The number of carbonyl (C=O) groups is 1. The maximum absolute atomic E-state index is 10.7. The van der Waals surface area contributed by atoms with E-state index in [-0.39, 0.29) is 5.76 Å².